The van der Waals surface area contributed by atoms with Crippen LogP contribution in [0.4, 0.5) is 0 Å². The molecule has 0 unspecified atom stereocenters. The first kappa shape index (κ1) is 7.80. The van der Waals surface area contributed by atoms with E-state index in [9.17, 15) is 4.79 Å². The van der Waals surface area contributed by atoms with Gasteiger partial charge in [0.05, 0.1) is 18.1 Å². The maximum absolute atomic E-state index is 11.0. The van der Waals surface area contributed by atoms with Gasteiger partial charge in [-0.25, -0.2) is 0 Å². The number of hydrogen-bond donors (Lipinski definition) is 1. The van der Waals surface area contributed by atoms with Crippen LogP contribution in [0.15, 0.2) is 0 Å². The van der Waals surface area contributed by atoms with Gasteiger partial charge in [-0.1, -0.05) is 0 Å². The van der Waals surface area contributed by atoms with Crippen LogP contribution in [0, 0.1) is 17.8 Å². The molecule has 1 N–H and O–H groups in total. The van der Waals surface area contributed by atoms with Crippen LogP contribution in [-0.4, -0.2) is 23.3 Å². The summed E-state index contributed by atoms with van der Waals surface area (Å²) in [5.41, 5.74) is 0. The molecule has 0 radical (unpaired) electrons. The summed E-state index contributed by atoms with van der Waals surface area (Å²) < 4.78 is 5.76. The molecule has 2 saturated heterocycles. The topological polar surface area (TPSA) is 46.5 Å². The van der Waals surface area contributed by atoms with E-state index in [1.165, 1.54) is 0 Å². The Morgan fingerprint density at radius 1 is 1.08 bits per heavy atom. The molecule has 2 aliphatic heterocycles. The fourth-order valence-electron chi connectivity index (χ4n) is 3.60. The Labute approximate surface area is 77.1 Å². The zero-order valence-corrected chi connectivity index (χ0v) is 7.48. The van der Waals surface area contributed by atoms with E-state index in [2.05, 4.69) is 0 Å². The molecule has 0 aromatic carbocycles. The molecule has 3 heteroatoms. The fraction of sp³-hybridized carbons (Fsp3) is 0.900. The van der Waals surface area contributed by atoms with Gasteiger partial charge in [-0.2, -0.15) is 0 Å². The van der Waals surface area contributed by atoms with Crippen LogP contribution in [0.3, 0.4) is 0 Å². The Hall–Kier alpha value is -0.570. The number of rotatable bonds is 1. The zero-order chi connectivity index (χ0) is 9.00. The molecule has 0 amide bonds. The maximum atomic E-state index is 11.0. The molecule has 2 heterocycles. The lowest BCUT2D eigenvalue weighted by atomic mass is 9.61. The van der Waals surface area contributed by atoms with Gasteiger partial charge >= 0.3 is 5.97 Å². The molecular weight excluding hydrogens is 168 g/mol. The molecule has 0 aromatic rings. The number of hydrogen-bond acceptors (Lipinski definition) is 2. The van der Waals surface area contributed by atoms with E-state index < -0.39 is 5.97 Å². The number of ether oxygens (including phenoxy) is 1. The SMILES string of the molecule is O=C(O)C1C2CC3CC1CC(C2)O3. The number of aliphatic carboxylic acids is 1. The molecule has 0 atom stereocenters. The summed E-state index contributed by atoms with van der Waals surface area (Å²) in [6.07, 6.45) is 4.73. The molecule has 72 valence electrons. The van der Waals surface area contributed by atoms with Crippen molar-refractivity contribution in [2.45, 2.75) is 37.9 Å². The molecule has 2 saturated carbocycles. The minimum absolute atomic E-state index is 0.0589. The Bertz CT molecular complexity index is 221. The third-order valence-electron chi connectivity index (χ3n) is 3.95. The standard InChI is InChI=1S/C10H14O3/c11-10(12)9-5-1-7-3-6(9)4-8(2-5)13-7/h5-9H,1-4H2,(H,11,12). The largest absolute Gasteiger partial charge is 0.481 e. The van der Waals surface area contributed by atoms with Gasteiger partial charge in [-0.15, -0.1) is 0 Å². The van der Waals surface area contributed by atoms with Gasteiger partial charge in [0.15, 0.2) is 0 Å². The predicted octanol–water partition coefficient (Wildman–Crippen LogP) is 1.27. The lowest BCUT2D eigenvalue weighted by Gasteiger charge is -2.52. The minimum Gasteiger partial charge on any atom is -0.481 e. The van der Waals surface area contributed by atoms with Crippen LogP contribution in [0.25, 0.3) is 0 Å². The van der Waals surface area contributed by atoms with Crippen molar-refractivity contribution in [3.63, 3.8) is 0 Å². The van der Waals surface area contributed by atoms with Gasteiger partial charge in [0.1, 0.15) is 0 Å². The highest BCUT2D eigenvalue weighted by atomic mass is 16.5. The molecular formula is C10H14O3. The highest BCUT2D eigenvalue weighted by Crippen LogP contribution is 2.51. The Balaban J connectivity index is 1.89. The van der Waals surface area contributed by atoms with Gasteiger partial charge < -0.3 is 9.84 Å². The Kier molecular flexibility index (Phi) is 1.48. The van der Waals surface area contributed by atoms with E-state index in [0.29, 0.717) is 24.0 Å². The van der Waals surface area contributed by atoms with Crippen molar-refractivity contribution in [1.29, 1.82) is 0 Å². The molecule has 4 rings (SSSR count). The summed E-state index contributed by atoms with van der Waals surface area (Å²) >= 11 is 0. The average Bonchev–Trinajstić information content (AvgIpc) is 2.00. The molecule has 0 aromatic heterocycles. The first-order chi connectivity index (χ1) is 6.24. The molecule has 2 aliphatic carbocycles. The van der Waals surface area contributed by atoms with Crippen molar-refractivity contribution < 1.29 is 14.6 Å². The molecule has 3 nitrogen and oxygen atoms in total. The quantitative estimate of drug-likeness (QED) is 0.664. The molecule has 4 aliphatic rings. The number of carboxylic acid groups (broad SMARTS) is 1. The van der Waals surface area contributed by atoms with Gasteiger partial charge in [-0.05, 0) is 37.5 Å². The second kappa shape index (κ2) is 2.47. The summed E-state index contributed by atoms with van der Waals surface area (Å²) in [5.74, 6) is 0.188. The third kappa shape index (κ3) is 1.03. The van der Waals surface area contributed by atoms with E-state index in [4.69, 9.17) is 9.84 Å². The summed E-state index contributed by atoms with van der Waals surface area (Å²) in [6.45, 7) is 0. The Morgan fingerprint density at radius 2 is 1.54 bits per heavy atom. The van der Waals surface area contributed by atoms with Gasteiger partial charge in [-0.3, -0.25) is 4.79 Å². The van der Waals surface area contributed by atoms with E-state index in [1.54, 1.807) is 0 Å². The first-order valence-corrected chi connectivity index (χ1v) is 5.12. The Morgan fingerprint density at radius 3 is 1.92 bits per heavy atom. The van der Waals surface area contributed by atoms with Crippen molar-refractivity contribution in [3.05, 3.63) is 0 Å². The number of carboxylic acids is 1. The molecule has 13 heavy (non-hydrogen) atoms. The van der Waals surface area contributed by atoms with Gasteiger partial charge in [0.2, 0.25) is 0 Å². The van der Waals surface area contributed by atoms with E-state index in [-0.39, 0.29) is 5.92 Å². The zero-order valence-electron chi connectivity index (χ0n) is 7.48. The summed E-state index contributed by atoms with van der Waals surface area (Å²) in [4.78, 5) is 11.0. The predicted molar refractivity (Wildman–Crippen MR) is 45.2 cm³/mol. The van der Waals surface area contributed by atoms with Crippen molar-refractivity contribution in [3.8, 4) is 0 Å². The van der Waals surface area contributed by atoms with Crippen molar-refractivity contribution in [2.75, 3.05) is 0 Å². The lowest BCUT2D eigenvalue weighted by Crippen LogP contribution is -2.53. The monoisotopic (exact) mass is 182 g/mol. The molecule has 4 fully saturated rings. The highest BCUT2D eigenvalue weighted by molar-refractivity contribution is 5.71. The third-order valence-corrected chi connectivity index (χ3v) is 3.95. The van der Waals surface area contributed by atoms with E-state index in [0.717, 1.165) is 25.7 Å². The molecule has 4 bridgehead atoms. The second-order valence-electron chi connectivity index (χ2n) is 4.71. The first-order valence-electron chi connectivity index (χ1n) is 5.12. The van der Waals surface area contributed by atoms with Crippen LogP contribution >= 0.6 is 0 Å². The van der Waals surface area contributed by atoms with Crippen molar-refractivity contribution in [1.82, 2.24) is 0 Å². The smallest absolute Gasteiger partial charge is 0.307 e. The van der Waals surface area contributed by atoms with Gasteiger partial charge in [0, 0.05) is 0 Å². The van der Waals surface area contributed by atoms with E-state index >= 15 is 0 Å². The van der Waals surface area contributed by atoms with Crippen LogP contribution in [-0.2, 0) is 9.53 Å². The summed E-state index contributed by atoms with van der Waals surface area (Å²) in [6, 6.07) is 0. The normalized spacial score (nSPS) is 52.5. The minimum atomic E-state index is -0.575. The second-order valence-corrected chi connectivity index (χ2v) is 4.71. The van der Waals surface area contributed by atoms with Crippen molar-refractivity contribution in [2.24, 2.45) is 17.8 Å². The van der Waals surface area contributed by atoms with Crippen molar-refractivity contribution >= 4 is 5.97 Å². The summed E-state index contributed by atoms with van der Waals surface area (Å²) in [5, 5.41) is 9.10. The van der Waals surface area contributed by atoms with E-state index in [1.807, 2.05) is 0 Å². The number of carbonyl (C=O) groups is 1. The molecule has 0 spiro atoms. The van der Waals surface area contributed by atoms with Crippen LogP contribution in [0.1, 0.15) is 25.7 Å². The van der Waals surface area contributed by atoms with Gasteiger partial charge in [0.25, 0.3) is 0 Å². The van der Waals surface area contributed by atoms with Crippen LogP contribution in [0.2, 0.25) is 0 Å². The maximum Gasteiger partial charge on any atom is 0.307 e. The summed E-state index contributed by atoms with van der Waals surface area (Å²) in [7, 11) is 0. The fourth-order valence-corrected chi connectivity index (χ4v) is 3.60. The van der Waals surface area contributed by atoms with Crippen LogP contribution < -0.4 is 0 Å². The highest BCUT2D eigenvalue weighted by Gasteiger charge is 2.51. The lowest BCUT2D eigenvalue weighted by molar-refractivity contribution is -0.192. The average molecular weight is 182 g/mol. The van der Waals surface area contributed by atoms with Crippen LogP contribution in [0.5, 0.6) is 0 Å².